The van der Waals surface area contributed by atoms with Gasteiger partial charge in [0.2, 0.25) is 5.91 Å². The fraction of sp³-hybridized carbons (Fsp3) is 0.588. The summed E-state index contributed by atoms with van der Waals surface area (Å²) in [5.74, 6) is 0.230. The van der Waals surface area contributed by atoms with Crippen LogP contribution in [0, 0.1) is 0 Å². The van der Waals surface area contributed by atoms with E-state index in [1.807, 2.05) is 11.8 Å². The van der Waals surface area contributed by atoms with Crippen LogP contribution < -0.4 is 5.32 Å². The predicted octanol–water partition coefficient (Wildman–Crippen LogP) is 1.73. The summed E-state index contributed by atoms with van der Waals surface area (Å²) >= 11 is 0. The number of nitrogens with zero attached hydrogens (tertiary/aromatic N) is 1. The van der Waals surface area contributed by atoms with E-state index in [1.165, 1.54) is 11.1 Å². The molecular weight excluding hydrogens is 264 g/mol. The maximum absolute atomic E-state index is 12.7. The van der Waals surface area contributed by atoms with Crippen molar-refractivity contribution in [3.8, 4) is 0 Å². The Morgan fingerprint density at radius 3 is 3.00 bits per heavy atom. The minimum atomic E-state index is -0.0831. The zero-order valence-corrected chi connectivity index (χ0v) is 12.7. The Kier molecular flexibility index (Phi) is 4.56. The molecule has 0 radical (unpaired) electrons. The molecule has 0 bridgehead atoms. The molecule has 0 aromatic heterocycles. The number of hydrogen-bond donors (Lipinski definition) is 1. The Balaban J connectivity index is 1.63. The summed E-state index contributed by atoms with van der Waals surface area (Å²) in [4.78, 5) is 14.7. The lowest BCUT2D eigenvalue weighted by molar-refractivity contribution is -0.137. The van der Waals surface area contributed by atoms with Gasteiger partial charge >= 0.3 is 0 Å². The third-order valence-corrected chi connectivity index (χ3v) is 4.47. The van der Waals surface area contributed by atoms with Gasteiger partial charge in [0, 0.05) is 26.2 Å². The molecule has 114 valence electrons. The number of carbonyl (C=O) groups is 1. The van der Waals surface area contributed by atoms with Crippen molar-refractivity contribution in [1.29, 1.82) is 0 Å². The average Bonchev–Trinajstić information content (AvgIpc) is 2.54. The van der Waals surface area contributed by atoms with E-state index in [0.717, 1.165) is 45.5 Å². The highest BCUT2D eigenvalue weighted by molar-refractivity contribution is 5.82. The second-order valence-electron chi connectivity index (χ2n) is 5.91. The van der Waals surface area contributed by atoms with Gasteiger partial charge in [0.15, 0.2) is 0 Å². The molecular formula is C17H24N2O2. The van der Waals surface area contributed by atoms with E-state index in [2.05, 4.69) is 29.6 Å². The number of fused-ring (bicyclic) bond motifs is 1. The van der Waals surface area contributed by atoms with Crippen molar-refractivity contribution in [3.05, 3.63) is 35.4 Å². The largest absolute Gasteiger partial charge is 0.377 e. The van der Waals surface area contributed by atoms with E-state index >= 15 is 0 Å². The van der Waals surface area contributed by atoms with E-state index in [-0.39, 0.29) is 18.1 Å². The SMILES string of the molecule is CCOC1CCCN(C(=O)C2Cc3ccccc3CN2)C1. The minimum absolute atomic E-state index is 0.0831. The number of benzene rings is 1. The van der Waals surface area contributed by atoms with E-state index in [0.29, 0.717) is 0 Å². The fourth-order valence-electron chi connectivity index (χ4n) is 3.36. The lowest BCUT2D eigenvalue weighted by atomic mass is 9.94. The fourth-order valence-corrected chi connectivity index (χ4v) is 3.36. The number of rotatable bonds is 3. The quantitative estimate of drug-likeness (QED) is 0.921. The molecule has 0 spiro atoms. The van der Waals surface area contributed by atoms with Gasteiger partial charge in [-0.25, -0.2) is 0 Å². The van der Waals surface area contributed by atoms with Crippen LogP contribution in [0.25, 0.3) is 0 Å². The predicted molar refractivity (Wildman–Crippen MR) is 82.0 cm³/mol. The van der Waals surface area contributed by atoms with Gasteiger partial charge in [-0.05, 0) is 37.3 Å². The molecule has 2 heterocycles. The van der Waals surface area contributed by atoms with Gasteiger partial charge in [-0.1, -0.05) is 24.3 Å². The summed E-state index contributed by atoms with van der Waals surface area (Å²) in [6.45, 7) is 5.13. The number of ether oxygens (including phenoxy) is 1. The molecule has 0 saturated carbocycles. The van der Waals surface area contributed by atoms with Crippen LogP contribution in [0.2, 0.25) is 0 Å². The molecule has 1 amide bonds. The number of carbonyl (C=O) groups excluding carboxylic acids is 1. The number of hydrogen-bond acceptors (Lipinski definition) is 3. The highest BCUT2D eigenvalue weighted by Crippen LogP contribution is 2.20. The topological polar surface area (TPSA) is 41.6 Å². The number of likely N-dealkylation sites (tertiary alicyclic amines) is 1. The average molecular weight is 288 g/mol. The minimum Gasteiger partial charge on any atom is -0.377 e. The van der Waals surface area contributed by atoms with Crippen LogP contribution in [0.1, 0.15) is 30.9 Å². The molecule has 1 aromatic carbocycles. The molecule has 2 atom stereocenters. The van der Waals surface area contributed by atoms with E-state index < -0.39 is 0 Å². The van der Waals surface area contributed by atoms with Gasteiger partial charge in [-0.2, -0.15) is 0 Å². The third kappa shape index (κ3) is 3.27. The molecule has 2 aliphatic heterocycles. The molecule has 0 aliphatic carbocycles. The lowest BCUT2D eigenvalue weighted by Gasteiger charge is -2.36. The Morgan fingerprint density at radius 2 is 2.19 bits per heavy atom. The Labute approximate surface area is 126 Å². The van der Waals surface area contributed by atoms with Crippen molar-refractivity contribution >= 4 is 5.91 Å². The summed E-state index contributed by atoms with van der Waals surface area (Å²) in [7, 11) is 0. The van der Waals surface area contributed by atoms with Crippen LogP contribution in [-0.2, 0) is 22.5 Å². The Bertz CT molecular complexity index is 501. The number of piperidine rings is 1. The van der Waals surface area contributed by atoms with Crippen molar-refractivity contribution in [2.45, 2.75) is 44.9 Å². The second-order valence-corrected chi connectivity index (χ2v) is 5.91. The molecule has 4 nitrogen and oxygen atoms in total. The molecule has 2 unspecified atom stereocenters. The van der Waals surface area contributed by atoms with Crippen molar-refractivity contribution in [2.75, 3.05) is 19.7 Å². The van der Waals surface area contributed by atoms with Crippen LogP contribution in [0.15, 0.2) is 24.3 Å². The van der Waals surface area contributed by atoms with Gasteiger partial charge in [0.05, 0.1) is 12.1 Å². The monoisotopic (exact) mass is 288 g/mol. The number of amides is 1. The third-order valence-electron chi connectivity index (χ3n) is 4.47. The molecule has 4 heteroatoms. The highest BCUT2D eigenvalue weighted by atomic mass is 16.5. The van der Waals surface area contributed by atoms with Crippen LogP contribution in [0.4, 0.5) is 0 Å². The van der Waals surface area contributed by atoms with Crippen LogP contribution in [0.3, 0.4) is 0 Å². The highest BCUT2D eigenvalue weighted by Gasteiger charge is 2.31. The molecule has 2 aliphatic rings. The first kappa shape index (κ1) is 14.5. The zero-order valence-electron chi connectivity index (χ0n) is 12.7. The van der Waals surface area contributed by atoms with Crippen LogP contribution in [0.5, 0.6) is 0 Å². The van der Waals surface area contributed by atoms with E-state index in [1.54, 1.807) is 0 Å². The van der Waals surface area contributed by atoms with Crippen LogP contribution >= 0.6 is 0 Å². The smallest absolute Gasteiger partial charge is 0.240 e. The summed E-state index contributed by atoms with van der Waals surface area (Å²) in [6, 6.07) is 8.29. The summed E-state index contributed by atoms with van der Waals surface area (Å²) < 4.78 is 5.69. The lowest BCUT2D eigenvalue weighted by Crippen LogP contribution is -2.53. The van der Waals surface area contributed by atoms with Crippen LogP contribution in [-0.4, -0.2) is 42.6 Å². The van der Waals surface area contributed by atoms with Crippen molar-refractivity contribution in [2.24, 2.45) is 0 Å². The van der Waals surface area contributed by atoms with Gasteiger partial charge in [-0.15, -0.1) is 0 Å². The zero-order chi connectivity index (χ0) is 14.7. The molecule has 1 saturated heterocycles. The van der Waals surface area contributed by atoms with Crippen molar-refractivity contribution in [1.82, 2.24) is 10.2 Å². The summed E-state index contributed by atoms with van der Waals surface area (Å²) in [6.07, 6.45) is 3.12. The van der Waals surface area contributed by atoms with Crippen molar-refractivity contribution < 1.29 is 9.53 Å². The van der Waals surface area contributed by atoms with Gasteiger partial charge in [0.25, 0.3) is 0 Å². The van der Waals surface area contributed by atoms with Gasteiger partial charge in [-0.3, -0.25) is 4.79 Å². The normalized spacial score (nSPS) is 25.5. The van der Waals surface area contributed by atoms with Gasteiger partial charge < -0.3 is 15.0 Å². The molecule has 3 rings (SSSR count). The Hall–Kier alpha value is -1.39. The standard InChI is InChI=1S/C17H24N2O2/c1-2-21-15-8-5-9-19(12-15)17(20)16-10-13-6-3-4-7-14(13)11-18-16/h3-4,6-7,15-16,18H,2,5,8-12H2,1H3. The molecule has 1 fully saturated rings. The second kappa shape index (κ2) is 6.58. The van der Waals surface area contributed by atoms with E-state index in [9.17, 15) is 4.79 Å². The van der Waals surface area contributed by atoms with E-state index in [4.69, 9.17) is 4.74 Å². The first-order valence-electron chi connectivity index (χ1n) is 7.98. The molecule has 21 heavy (non-hydrogen) atoms. The Morgan fingerprint density at radius 1 is 1.38 bits per heavy atom. The maximum atomic E-state index is 12.7. The molecule has 1 N–H and O–H groups in total. The maximum Gasteiger partial charge on any atom is 0.240 e. The molecule has 1 aromatic rings. The first-order valence-corrected chi connectivity index (χ1v) is 7.98. The summed E-state index contributed by atoms with van der Waals surface area (Å²) in [5.41, 5.74) is 2.61. The first-order chi connectivity index (χ1) is 10.3. The van der Waals surface area contributed by atoms with Gasteiger partial charge in [0.1, 0.15) is 0 Å². The van der Waals surface area contributed by atoms with Crippen molar-refractivity contribution in [3.63, 3.8) is 0 Å². The number of nitrogens with one attached hydrogen (secondary N) is 1. The summed E-state index contributed by atoms with van der Waals surface area (Å²) in [5, 5.41) is 3.39.